The number of carbonyl (C=O) groups excluding carboxylic acids is 3. The van der Waals surface area contributed by atoms with Crippen LogP contribution in [0.25, 0.3) is 0 Å². The minimum absolute atomic E-state index is 0.0200. The van der Waals surface area contributed by atoms with Gasteiger partial charge in [0.2, 0.25) is 0 Å². The first-order valence-electron chi connectivity index (χ1n) is 6.12. The topological polar surface area (TPSA) is 68.6 Å². The zero-order valence-electron chi connectivity index (χ0n) is 11.2. The highest BCUT2D eigenvalue weighted by molar-refractivity contribution is 6.41. The van der Waals surface area contributed by atoms with Crippen LogP contribution in [0.1, 0.15) is 31.2 Å². The largest absolute Gasteiger partial charge is 0.380 e. The van der Waals surface area contributed by atoms with Gasteiger partial charge in [-0.15, -0.1) is 0 Å². The smallest absolute Gasteiger partial charge is 0.328 e. The Bertz CT molecular complexity index is 793. The summed E-state index contributed by atoms with van der Waals surface area (Å²) in [6.07, 6.45) is 0. The van der Waals surface area contributed by atoms with Crippen molar-refractivity contribution in [3.05, 3.63) is 57.3 Å². The number of halogens is 2. The molecule has 2 amide bonds. The summed E-state index contributed by atoms with van der Waals surface area (Å²) in [6, 6.07) is 7.50. The zero-order chi connectivity index (χ0) is 16.0. The first kappa shape index (κ1) is 14.6. The van der Waals surface area contributed by atoms with Crippen LogP contribution in [0.5, 0.6) is 0 Å². The van der Waals surface area contributed by atoms with E-state index in [-0.39, 0.29) is 27.0 Å². The Hall–Kier alpha value is -2.31. The van der Waals surface area contributed by atoms with Gasteiger partial charge in [-0.25, -0.2) is 4.79 Å². The molecule has 8 heteroatoms. The van der Waals surface area contributed by atoms with E-state index < -0.39 is 17.8 Å². The van der Waals surface area contributed by atoms with E-state index in [1.54, 1.807) is 12.1 Å². The van der Waals surface area contributed by atoms with Crippen molar-refractivity contribution in [1.29, 1.82) is 0 Å². The molecule has 0 unspecified atom stereocenters. The quantitative estimate of drug-likeness (QED) is 0.789. The van der Waals surface area contributed by atoms with Crippen molar-refractivity contribution in [2.75, 3.05) is 0 Å². The number of nitrogens with zero attached hydrogens (tertiary/aromatic N) is 2. The van der Waals surface area contributed by atoms with E-state index in [4.69, 9.17) is 28.0 Å². The van der Waals surface area contributed by atoms with Gasteiger partial charge < -0.3 is 9.40 Å². The lowest BCUT2D eigenvalue weighted by Crippen LogP contribution is -2.33. The summed E-state index contributed by atoms with van der Waals surface area (Å²) in [5, 5.41) is 0.747. The van der Waals surface area contributed by atoms with E-state index in [1.807, 2.05) is 0 Å². The molecule has 2 aromatic rings. The van der Waals surface area contributed by atoms with Crippen molar-refractivity contribution in [3.63, 3.8) is 0 Å². The molecule has 0 fully saturated rings. The van der Waals surface area contributed by atoms with Gasteiger partial charge in [0.15, 0.2) is 0 Å². The molecule has 0 N–H and O–H groups in total. The molecule has 0 spiro atoms. The summed E-state index contributed by atoms with van der Waals surface area (Å²) in [7, 11) is 1.51. The van der Waals surface area contributed by atoms with Gasteiger partial charge in [0, 0.05) is 7.05 Å². The van der Waals surface area contributed by atoms with E-state index in [1.165, 1.54) is 29.8 Å². The molecule has 0 aliphatic carbocycles. The van der Waals surface area contributed by atoms with Crippen LogP contribution < -0.4 is 0 Å². The van der Waals surface area contributed by atoms with Crippen LogP contribution in [-0.4, -0.2) is 27.4 Å². The van der Waals surface area contributed by atoms with Crippen LogP contribution in [0, 0.1) is 0 Å². The lowest BCUT2D eigenvalue weighted by molar-refractivity contribution is -0.0590. The summed E-state index contributed by atoms with van der Waals surface area (Å²) in [5.74, 6) is -2.30. The first-order valence-corrected chi connectivity index (χ1v) is 6.88. The molecule has 1 aromatic heterocycles. The molecule has 1 aromatic carbocycles. The summed E-state index contributed by atoms with van der Waals surface area (Å²) < 4.78 is 1.30. The Labute approximate surface area is 134 Å². The predicted octanol–water partition coefficient (Wildman–Crippen LogP) is 2.70. The second-order valence-electron chi connectivity index (χ2n) is 4.56. The minimum Gasteiger partial charge on any atom is -0.328 e. The third-order valence-electron chi connectivity index (χ3n) is 3.26. The number of carbonyl (C=O) groups is 3. The number of hydrogen-bond acceptors (Lipinski definition) is 4. The average molecular weight is 339 g/mol. The maximum atomic E-state index is 12.1. The molecule has 0 saturated carbocycles. The van der Waals surface area contributed by atoms with Crippen LogP contribution in [0.2, 0.25) is 10.2 Å². The summed E-state index contributed by atoms with van der Waals surface area (Å²) in [4.78, 5) is 41.2. The third kappa shape index (κ3) is 2.08. The number of benzene rings is 1. The van der Waals surface area contributed by atoms with E-state index in [2.05, 4.69) is 0 Å². The molecular weight excluding hydrogens is 331 g/mol. The highest BCUT2D eigenvalue weighted by Gasteiger charge is 2.39. The first-order chi connectivity index (χ1) is 10.4. The Kier molecular flexibility index (Phi) is 3.42. The molecule has 1 aliphatic rings. The van der Waals surface area contributed by atoms with Crippen molar-refractivity contribution in [1.82, 2.24) is 9.63 Å². The number of aromatic nitrogens is 1. The van der Waals surface area contributed by atoms with Gasteiger partial charge in [-0.2, -0.15) is 0 Å². The SMILES string of the molecule is Cn1c(C(=O)ON2C(=O)c3ccccc3C2=O)cc(Cl)c1Cl. The van der Waals surface area contributed by atoms with Gasteiger partial charge >= 0.3 is 5.97 Å². The van der Waals surface area contributed by atoms with Crippen molar-refractivity contribution in [2.24, 2.45) is 7.05 Å². The number of imide groups is 1. The summed E-state index contributed by atoms with van der Waals surface area (Å²) in [5.41, 5.74) is 0.387. The van der Waals surface area contributed by atoms with Crippen molar-refractivity contribution < 1.29 is 19.2 Å². The molecule has 112 valence electrons. The minimum atomic E-state index is -0.911. The number of fused-ring (bicyclic) bond motifs is 1. The molecule has 0 atom stereocenters. The fourth-order valence-electron chi connectivity index (χ4n) is 2.12. The molecule has 0 saturated heterocycles. The summed E-state index contributed by atoms with van der Waals surface area (Å²) in [6.45, 7) is 0. The molecule has 0 radical (unpaired) electrons. The highest BCUT2D eigenvalue weighted by atomic mass is 35.5. The highest BCUT2D eigenvalue weighted by Crippen LogP contribution is 2.27. The molecule has 22 heavy (non-hydrogen) atoms. The molecule has 0 bridgehead atoms. The van der Waals surface area contributed by atoms with Crippen molar-refractivity contribution in [3.8, 4) is 0 Å². The second kappa shape index (κ2) is 5.15. The number of rotatable bonds is 2. The van der Waals surface area contributed by atoms with Crippen LogP contribution >= 0.6 is 23.2 Å². The van der Waals surface area contributed by atoms with Gasteiger partial charge in [-0.05, 0) is 18.2 Å². The lowest BCUT2D eigenvalue weighted by Gasteiger charge is -2.12. The Morgan fingerprint density at radius 2 is 1.64 bits per heavy atom. The van der Waals surface area contributed by atoms with E-state index in [0.717, 1.165) is 0 Å². The Morgan fingerprint density at radius 3 is 2.09 bits per heavy atom. The molecule has 3 rings (SSSR count). The number of hydrogen-bond donors (Lipinski definition) is 0. The lowest BCUT2D eigenvalue weighted by atomic mass is 10.1. The maximum absolute atomic E-state index is 12.1. The normalized spacial score (nSPS) is 13.5. The third-order valence-corrected chi connectivity index (χ3v) is 4.10. The van der Waals surface area contributed by atoms with Gasteiger partial charge in [0.25, 0.3) is 11.8 Å². The molecular formula is C14H8Cl2N2O4. The van der Waals surface area contributed by atoms with Crippen molar-refractivity contribution in [2.45, 2.75) is 0 Å². The van der Waals surface area contributed by atoms with Crippen molar-refractivity contribution >= 4 is 41.0 Å². The standard InChI is InChI=1S/C14H8Cl2N2O4/c1-17-10(6-9(15)11(17)16)14(21)22-18-12(19)7-4-2-3-5-8(7)13(18)20/h2-6H,1H3. The molecule has 2 heterocycles. The maximum Gasteiger partial charge on any atom is 0.380 e. The van der Waals surface area contributed by atoms with Crippen LogP contribution in [0.4, 0.5) is 0 Å². The molecule has 6 nitrogen and oxygen atoms in total. The van der Waals surface area contributed by atoms with E-state index in [9.17, 15) is 14.4 Å². The Balaban J connectivity index is 1.88. The monoisotopic (exact) mass is 338 g/mol. The Morgan fingerprint density at radius 1 is 1.09 bits per heavy atom. The fourth-order valence-corrected chi connectivity index (χ4v) is 2.49. The van der Waals surface area contributed by atoms with Gasteiger partial charge in [-0.3, -0.25) is 9.59 Å². The zero-order valence-corrected chi connectivity index (χ0v) is 12.7. The fraction of sp³-hybridized carbons (Fsp3) is 0.0714. The molecule has 1 aliphatic heterocycles. The number of hydroxylamine groups is 2. The van der Waals surface area contributed by atoms with Crippen LogP contribution in [0.3, 0.4) is 0 Å². The van der Waals surface area contributed by atoms with Crippen LogP contribution in [0.15, 0.2) is 30.3 Å². The van der Waals surface area contributed by atoms with Crippen LogP contribution in [-0.2, 0) is 11.9 Å². The summed E-state index contributed by atoms with van der Waals surface area (Å²) >= 11 is 11.7. The van der Waals surface area contributed by atoms with E-state index >= 15 is 0 Å². The van der Waals surface area contributed by atoms with Gasteiger partial charge in [-0.1, -0.05) is 40.4 Å². The second-order valence-corrected chi connectivity index (χ2v) is 5.32. The van der Waals surface area contributed by atoms with E-state index in [0.29, 0.717) is 5.06 Å². The average Bonchev–Trinajstić information content (AvgIpc) is 2.91. The van der Waals surface area contributed by atoms with Gasteiger partial charge in [0.05, 0.1) is 16.1 Å². The number of amides is 2. The van der Waals surface area contributed by atoms with Gasteiger partial charge in [0.1, 0.15) is 10.8 Å². The predicted molar refractivity (Wildman–Crippen MR) is 77.8 cm³/mol.